The van der Waals surface area contributed by atoms with Gasteiger partial charge in [-0.25, -0.2) is 14.6 Å². The van der Waals surface area contributed by atoms with Gasteiger partial charge >= 0.3 is 11.8 Å². The number of alkyl carbamates (subject to hydrolysis) is 1. The van der Waals surface area contributed by atoms with Gasteiger partial charge in [0.2, 0.25) is 11.7 Å². The molecule has 2 heterocycles. The number of carbonyl (C=O) groups excluding carboxylic acids is 2. The maximum absolute atomic E-state index is 12.6. The number of nitrogens with zero attached hydrogens (tertiary/aromatic N) is 2. The number of nitrogens with one attached hydrogen (secondary N) is 5. The predicted molar refractivity (Wildman–Crippen MR) is 124 cm³/mol. The summed E-state index contributed by atoms with van der Waals surface area (Å²) in [5.41, 5.74) is 1.51. The van der Waals surface area contributed by atoms with Crippen molar-refractivity contribution in [3.05, 3.63) is 69.9 Å². The van der Waals surface area contributed by atoms with E-state index < -0.39 is 17.4 Å². The number of benzene rings is 1. The number of aryl methyl sites for hydroxylation is 1. The topological polar surface area (TPSA) is 157 Å². The van der Waals surface area contributed by atoms with Crippen molar-refractivity contribution in [3.8, 4) is 0 Å². The number of hydrogen-bond donors (Lipinski definition) is 5. The lowest BCUT2D eigenvalue weighted by atomic mass is 10.1. The first-order chi connectivity index (χ1) is 15.6. The van der Waals surface area contributed by atoms with Crippen molar-refractivity contribution in [3.63, 3.8) is 0 Å². The second-order valence-corrected chi connectivity index (χ2v) is 8.29. The molecule has 0 fully saturated rings. The molecule has 0 aliphatic heterocycles. The van der Waals surface area contributed by atoms with Gasteiger partial charge in [-0.1, -0.05) is 0 Å². The highest BCUT2D eigenvalue weighted by Crippen LogP contribution is 2.14. The quantitative estimate of drug-likeness (QED) is 0.219. The second-order valence-electron chi connectivity index (χ2n) is 8.29. The Morgan fingerprint density at radius 1 is 1.15 bits per heavy atom. The van der Waals surface area contributed by atoms with E-state index in [0.29, 0.717) is 29.9 Å². The summed E-state index contributed by atoms with van der Waals surface area (Å²) in [6.45, 7) is 7.34. The summed E-state index contributed by atoms with van der Waals surface area (Å²) in [6.07, 6.45) is 3.25. The van der Waals surface area contributed by atoms with Crippen molar-refractivity contribution in [1.82, 2.24) is 25.3 Å². The predicted octanol–water partition coefficient (Wildman–Crippen LogP) is 2.50. The Bertz CT molecular complexity index is 1180. The van der Waals surface area contributed by atoms with Crippen LogP contribution >= 0.6 is 0 Å². The average molecular weight is 454 g/mol. The Labute approximate surface area is 190 Å². The Morgan fingerprint density at radius 2 is 1.88 bits per heavy atom. The Morgan fingerprint density at radius 3 is 2.45 bits per heavy atom. The van der Waals surface area contributed by atoms with Crippen LogP contribution < -0.4 is 16.3 Å². The van der Waals surface area contributed by atoms with Crippen LogP contribution in [-0.4, -0.2) is 49.9 Å². The largest absolute Gasteiger partial charge is 0.444 e. The van der Waals surface area contributed by atoms with Gasteiger partial charge in [-0.15, -0.1) is 0 Å². The van der Waals surface area contributed by atoms with Gasteiger partial charge in [0.15, 0.2) is 0 Å². The third kappa shape index (κ3) is 6.92. The van der Waals surface area contributed by atoms with Crippen molar-refractivity contribution < 1.29 is 14.3 Å². The molecule has 5 N–H and O–H groups in total. The molecule has 0 unspecified atom stereocenters. The minimum Gasteiger partial charge on any atom is -0.444 e. The van der Waals surface area contributed by atoms with Crippen LogP contribution in [0.2, 0.25) is 0 Å². The molecular weight excluding hydrogens is 426 g/mol. The number of ketones is 1. The van der Waals surface area contributed by atoms with Crippen molar-refractivity contribution in [1.29, 1.82) is 0 Å². The minimum absolute atomic E-state index is 0.202. The molecule has 0 aliphatic carbocycles. The van der Waals surface area contributed by atoms with Gasteiger partial charge in [0.25, 0.3) is 0 Å². The average Bonchev–Trinajstić information content (AvgIpc) is 3.35. The maximum Gasteiger partial charge on any atom is 0.414 e. The fraction of sp³-hybridized carbons (Fsp3) is 0.318. The van der Waals surface area contributed by atoms with E-state index >= 15 is 0 Å². The molecule has 0 saturated carbocycles. The highest BCUT2D eigenvalue weighted by atomic mass is 16.6. The molecule has 33 heavy (non-hydrogen) atoms. The lowest BCUT2D eigenvalue weighted by Gasteiger charge is -2.20. The number of rotatable bonds is 6. The summed E-state index contributed by atoms with van der Waals surface area (Å²) >= 11 is 0. The van der Waals surface area contributed by atoms with Gasteiger partial charge in [-0.2, -0.15) is 0 Å². The van der Waals surface area contributed by atoms with Crippen LogP contribution in [0.25, 0.3) is 0 Å². The number of hydrogen-bond acceptors (Lipinski definition) is 6. The number of amides is 1. The number of guanidine groups is 1. The normalized spacial score (nSPS) is 11.8. The summed E-state index contributed by atoms with van der Waals surface area (Å²) in [5, 5.41) is 5.65. The number of anilines is 1. The van der Waals surface area contributed by atoms with E-state index in [1.165, 1.54) is 0 Å². The Balaban J connectivity index is 1.72. The van der Waals surface area contributed by atoms with E-state index in [2.05, 4.69) is 35.6 Å². The van der Waals surface area contributed by atoms with E-state index in [9.17, 15) is 14.4 Å². The van der Waals surface area contributed by atoms with Crippen molar-refractivity contribution in [2.75, 3.05) is 11.9 Å². The lowest BCUT2D eigenvalue weighted by molar-refractivity contribution is 0.0563. The Kier molecular flexibility index (Phi) is 7.11. The van der Waals surface area contributed by atoms with Crippen LogP contribution in [0.4, 0.5) is 10.5 Å². The molecule has 0 aliphatic rings. The molecule has 0 radical (unpaired) electrons. The van der Waals surface area contributed by atoms with Gasteiger partial charge < -0.3 is 25.0 Å². The van der Waals surface area contributed by atoms with Crippen molar-refractivity contribution in [2.24, 2.45) is 4.99 Å². The summed E-state index contributed by atoms with van der Waals surface area (Å²) in [7, 11) is 0. The van der Waals surface area contributed by atoms with Crippen LogP contribution in [0, 0.1) is 6.92 Å². The lowest BCUT2D eigenvalue weighted by Crippen LogP contribution is -2.40. The van der Waals surface area contributed by atoms with E-state index in [1.54, 1.807) is 64.5 Å². The van der Waals surface area contributed by atoms with Crippen molar-refractivity contribution >= 4 is 23.5 Å². The first-order valence-electron chi connectivity index (χ1n) is 10.3. The highest BCUT2D eigenvalue weighted by Gasteiger charge is 2.18. The third-order valence-electron chi connectivity index (χ3n) is 4.38. The fourth-order valence-corrected chi connectivity index (χ4v) is 2.90. The molecule has 174 valence electrons. The zero-order chi connectivity index (χ0) is 24.0. The molecule has 0 saturated heterocycles. The molecule has 3 rings (SSSR count). The number of H-pyrrole nitrogens is 3. The maximum atomic E-state index is 12.6. The summed E-state index contributed by atoms with van der Waals surface area (Å²) in [5.74, 6) is -0.105. The van der Waals surface area contributed by atoms with E-state index in [1.807, 2.05) is 0 Å². The third-order valence-corrected chi connectivity index (χ3v) is 4.38. The zero-order valence-corrected chi connectivity index (χ0v) is 18.9. The van der Waals surface area contributed by atoms with E-state index in [4.69, 9.17) is 4.74 Å². The van der Waals surface area contributed by atoms with Gasteiger partial charge in [-0.3, -0.25) is 15.1 Å². The monoisotopic (exact) mass is 453 g/mol. The fourth-order valence-electron chi connectivity index (χ4n) is 2.90. The molecule has 2 aromatic heterocycles. The first kappa shape index (κ1) is 23.5. The number of imidazole rings is 2. The molecule has 1 amide bonds. The Hall–Kier alpha value is -4.15. The number of aliphatic imine (C=N–C) groups is 1. The van der Waals surface area contributed by atoms with Crippen LogP contribution in [0.1, 0.15) is 48.2 Å². The standard InChI is InChI=1S/C22H27N7O4/c1-13-17(28-20(31)26-13)18(30)14-5-7-15(8-6-14)27-19(29-21(32)33-22(2,3)4)24-10-9-16-11-23-12-25-16/h5-8,11-12H,9-10H2,1-4H3,(H,23,25)(H2,26,28,31)(H2,24,27,29,32). The van der Waals surface area contributed by atoms with Crippen LogP contribution in [0.3, 0.4) is 0 Å². The van der Waals surface area contributed by atoms with Gasteiger partial charge in [-0.05, 0) is 52.0 Å². The molecule has 1 aromatic carbocycles. The van der Waals surface area contributed by atoms with Gasteiger partial charge in [0.05, 0.1) is 6.33 Å². The number of aromatic nitrogens is 4. The SMILES string of the molecule is Cc1[nH]c(=O)[nH]c1C(=O)c1ccc(NC(=NCCc2cnc[nH]2)NC(=O)OC(C)(C)C)cc1. The summed E-state index contributed by atoms with van der Waals surface area (Å²) in [4.78, 5) is 52.7. The molecular formula is C22H27N7O4. The van der Waals surface area contributed by atoms with Gasteiger partial charge in [0, 0.05) is 41.8 Å². The molecule has 0 atom stereocenters. The number of carbonyl (C=O) groups is 2. The van der Waals surface area contributed by atoms with E-state index in [0.717, 1.165) is 5.69 Å². The summed E-state index contributed by atoms with van der Waals surface area (Å²) in [6, 6.07) is 6.58. The molecule has 11 nitrogen and oxygen atoms in total. The van der Waals surface area contributed by atoms with E-state index in [-0.39, 0.29) is 17.4 Å². The molecule has 0 bridgehead atoms. The zero-order valence-electron chi connectivity index (χ0n) is 18.9. The minimum atomic E-state index is -0.662. The molecule has 0 spiro atoms. The second kappa shape index (κ2) is 9.98. The van der Waals surface area contributed by atoms with Crippen molar-refractivity contribution in [2.45, 2.75) is 39.7 Å². The number of aromatic amines is 3. The molecule has 11 heteroatoms. The summed E-state index contributed by atoms with van der Waals surface area (Å²) < 4.78 is 5.31. The molecule has 3 aromatic rings. The van der Waals surface area contributed by atoms with Crippen LogP contribution in [-0.2, 0) is 11.2 Å². The van der Waals surface area contributed by atoms with Gasteiger partial charge in [0.1, 0.15) is 11.3 Å². The smallest absolute Gasteiger partial charge is 0.414 e. The number of ether oxygens (including phenoxy) is 1. The first-order valence-corrected chi connectivity index (χ1v) is 10.3. The van der Waals surface area contributed by atoms with Crippen LogP contribution in [0.5, 0.6) is 0 Å². The van der Waals surface area contributed by atoms with Crippen LogP contribution in [0.15, 0.2) is 46.6 Å². The highest BCUT2D eigenvalue weighted by molar-refractivity contribution is 6.09.